The predicted octanol–water partition coefficient (Wildman–Crippen LogP) is 9.85. The van der Waals surface area contributed by atoms with Crippen LogP contribution in [0.3, 0.4) is 0 Å². The number of hydrogen-bond acceptors (Lipinski definition) is 4. The Labute approximate surface area is 221 Å². The quantitative estimate of drug-likeness (QED) is 0.133. The number of thiophene rings is 2. The second kappa shape index (κ2) is 8.70. The molecule has 2 nitrogen and oxygen atoms in total. The average molecular weight is 513 g/mol. The van der Waals surface area contributed by atoms with Crippen molar-refractivity contribution in [2.24, 2.45) is 0 Å². The number of ether oxygens (including phenoxy) is 1. The van der Waals surface area contributed by atoms with E-state index in [1.165, 1.54) is 52.0 Å². The highest BCUT2D eigenvalue weighted by Crippen LogP contribution is 2.45. The zero-order valence-electron chi connectivity index (χ0n) is 19.7. The number of rotatable bonds is 4. The Morgan fingerprint density at radius 2 is 1.19 bits per heavy atom. The Morgan fingerprint density at radius 3 is 1.84 bits per heavy atom. The number of esters is 1. The number of benzene rings is 5. The van der Waals surface area contributed by atoms with Crippen molar-refractivity contribution in [3.05, 3.63) is 116 Å². The van der Waals surface area contributed by atoms with Crippen LogP contribution in [0.5, 0.6) is 5.75 Å². The Kier molecular flexibility index (Phi) is 5.17. The molecule has 37 heavy (non-hydrogen) atoms. The fourth-order valence-corrected chi connectivity index (χ4v) is 7.55. The van der Waals surface area contributed by atoms with Crippen LogP contribution in [0.25, 0.3) is 62.6 Å². The fraction of sp³-hybridized carbons (Fsp3) is 0. The topological polar surface area (TPSA) is 26.3 Å². The minimum atomic E-state index is -0.468. The van der Waals surface area contributed by atoms with E-state index in [2.05, 4.69) is 97.6 Å². The van der Waals surface area contributed by atoms with Gasteiger partial charge >= 0.3 is 5.97 Å². The van der Waals surface area contributed by atoms with E-state index in [4.69, 9.17) is 4.74 Å². The first-order valence-corrected chi connectivity index (χ1v) is 13.6. The third-order valence-corrected chi connectivity index (χ3v) is 9.21. The molecule has 0 N–H and O–H groups in total. The van der Waals surface area contributed by atoms with Crippen LogP contribution >= 0.6 is 22.7 Å². The van der Waals surface area contributed by atoms with Crippen molar-refractivity contribution >= 4 is 69.0 Å². The van der Waals surface area contributed by atoms with E-state index in [1.54, 1.807) is 11.3 Å². The molecule has 0 bridgehead atoms. The van der Waals surface area contributed by atoms with Crippen molar-refractivity contribution in [2.45, 2.75) is 0 Å². The molecular weight excluding hydrogens is 492 g/mol. The molecule has 0 aliphatic heterocycles. The van der Waals surface area contributed by atoms with Crippen molar-refractivity contribution in [3.8, 4) is 28.0 Å². The van der Waals surface area contributed by atoms with Gasteiger partial charge in [-0.15, -0.1) is 22.7 Å². The molecular formula is C33H20O2S2. The van der Waals surface area contributed by atoms with Gasteiger partial charge in [0.15, 0.2) is 0 Å². The van der Waals surface area contributed by atoms with E-state index in [9.17, 15) is 4.79 Å². The molecule has 0 radical (unpaired) electrons. The molecule has 0 atom stereocenters. The molecule has 0 aliphatic carbocycles. The number of carbonyl (C=O) groups excluding carboxylic acids is 1. The van der Waals surface area contributed by atoms with Crippen molar-refractivity contribution in [1.29, 1.82) is 0 Å². The Hall–Kier alpha value is -4.25. The Bertz CT molecular complexity index is 2010. The smallest absolute Gasteiger partial charge is 0.335 e. The van der Waals surface area contributed by atoms with E-state index in [0.717, 1.165) is 16.7 Å². The number of fused-ring (bicyclic) bond motifs is 6. The average Bonchev–Trinajstić information content (AvgIpc) is 3.52. The predicted molar refractivity (Wildman–Crippen MR) is 159 cm³/mol. The van der Waals surface area contributed by atoms with E-state index in [-0.39, 0.29) is 0 Å². The molecule has 2 heterocycles. The maximum atomic E-state index is 12.3. The lowest BCUT2D eigenvalue weighted by Gasteiger charge is -2.13. The van der Waals surface area contributed by atoms with Crippen LogP contribution < -0.4 is 4.74 Å². The third kappa shape index (κ3) is 3.57. The highest BCUT2D eigenvalue weighted by atomic mass is 32.1. The standard InChI is InChI=1S/C33H20O2S2/c1-2-31(34)35-28-18-17-20(21-11-7-12-24-22-9-3-5-15-29(22)36-32(21)24)19-27(28)26-14-8-13-25-23-10-4-6-16-30(23)37-33(25)26/h2-19H,1H2. The van der Waals surface area contributed by atoms with Gasteiger partial charge < -0.3 is 4.74 Å². The van der Waals surface area contributed by atoms with Gasteiger partial charge in [0.1, 0.15) is 5.75 Å². The van der Waals surface area contributed by atoms with Crippen LogP contribution in [0.4, 0.5) is 0 Å². The summed E-state index contributed by atoms with van der Waals surface area (Å²) in [6.45, 7) is 3.59. The van der Waals surface area contributed by atoms with Gasteiger partial charge in [0.2, 0.25) is 0 Å². The lowest BCUT2D eigenvalue weighted by Crippen LogP contribution is -2.04. The van der Waals surface area contributed by atoms with Gasteiger partial charge in [0.05, 0.1) is 0 Å². The summed E-state index contributed by atoms with van der Waals surface area (Å²) in [4.78, 5) is 12.3. The molecule has 5 aromatic carbocycles. The molecule has 0 spiro atoms. The summed E-state index contributed by atoms with van der Waals surface area (Å²) in [5.41, 5.74) is 4.20. The summed E-state index contributed by atoms with van der Waals surface area (Å²) in [6, 6.07) is 35.9. The van der Waals surface area contributed by atoms with Gasteiger partial charge in [0.25, 0.3) is 0 Å². The molecule has 0 unspecified atom stereocenters. The highest BCUT2D eigenvalue weighted by Gasteiger charge is 2.18. The molecule has 7 rings (SSSR count). The SMILES string of the molecule is C=CC(=O)Oc1ccc(-c2cccc3c2sc2ccccc23)cc1-c1cccc2c1sc1ccccc12. The maximum absolute atomic E-state index is 12.3. The fourth-order valence-electron chi connectivity index (χ4n) is 5.08. The van der Waals surface area contributed by atoms with Crippen molar-refractivity contribution in [2.75, 3.05) is 0 Å². The third-order valence-electron chi connectivity index (χ3n) is 6.77. The van der Waals surface area contributed by atoms with Crippen LogP contribution in [0.2, 0.25) is 0 Å². The van der Waals surface area contributed by atoms with Gasteiger partial charge in [0, 0.05) is 57.5 Å². The van der Waals surface area contributed by atoms with E-state index in [0.29, 0.717) is 5.75 Å². The van der Waals surface area contributed by atoms with Gasteiger partial charge in [-0.25, -0.2) is 4.79 Å². The van der Waals surface area contributed by atoms with Crippen LogP contribution in [-0.2, 0) is 4.79 Å². The largest absolute Gasteiger partial charge is 0.423 e. The first kappa shape index (κ1) is 22.0. The molecule has 0 amide bonds. The first-order valence-electron chi connectivity index (χ1n) is 12.0. The zero-order valence-corrected chi connectivity index (χ0v) is 21.4. The normalized spacial score (nSPS) is 11.5. The second-order valence-corrected chi connectivity index (χ2v) is 11.0. The van der Waals surface area contributed by atoms with Crippen molar-refractivity contribution < 1.29 is 9.53 Å². The summed E-state index contributed by atoms with van der Waals surface area (Å²) in [5.74, 6) is 0.0613. The van der Waals surface area contributed by atoms with E-state index >= 15 is 0 Å². The van der Waals surface area contributed by atoms with E-state index in [1.807, 2.05) is 23.5 Å². The molecule has 176 valence electrons. The zero-order chi connectivity index (χ0) is 24.9. The molecule has 7 aromatic rings. The summed E-state index contributed by atoms with van der Waals surface area (Å²) in [7, 11) is 0. The highest BCUT2D eigenvalue weighted by molar-refractivity contribution is 7.26. The summed E-state index contributed by atoms with van der Waals surface area (Å²) in [5, 5.41) is 4.97. The first-order chi connectivity index (χ1) is 18.2. The van der Waals surface area contributed by atoms with Crippen LogP contribution in [0, 0.1) is 0 Å². The number of hydrogen-bond donors (Lipinski definition) is 0. The van der Waals surface area contributed by atoms with Crippen LogP contribution in [0.1, 0.15) is 0 Å². The minimum absolute atomic E-state index is 0.468. The minimum Gasteiger partial charge on any atom is -0.423 e. The lowest BCUT2D eigenvalue weighted by molar-refractivity contribution is -0.128. The molecule has 0 saturated heterocycles. The van der Waals surface area contributed by atoms with E-state index < -0.39 is 5.97 Å². The molecule has 4 heteroatoms. The van der Waals surface area contributed by atoms with Gasteiger partial charge in [-0.2, -0.15) is 0 Å². The monoisotopic (exact) mass is 512 g/mol. The second-order valence-electron chi connectivity index (χ2n) is 8.90. The summed E-state index contributed by atoms with van der Waals surface area (Å²) in [6.07, 6.45) is 1.20. The summed E-state index contributed by atoms with van der Waals surface area (Å²) < 4.78 is 10.7. The van der Waals surface area contributed by atoms with Crippen LogP contribution in [0.15, 0.2) is 116 Å². The van der Waals surface area contributed by atoms with Gasteiger partial charge in [-0.3, -0.25) is 0 Å². The van der Waals surface area contributed by atoms with Crippen LogP contribution in [-0.4, -0.2) is 5.97 Å². The van der Waals surface area contributed by atoms with Gasteiger partial charge in [-0.05, 0) is 35.4 Å². The van der Waals surface area contributed by atoms with Gasteiger partial charge in [-0.1, -0.05) is 85.4 Å². The maximum Gasteiger partial charge on any atom is 0.335 e. The number of carbonyl (C=O) groups is 1. The Balaban J connectivity index is 1.50. The molecule has 0 aliphatic rings. The van der Waals surface area contributed by atoms with Crippen molar-refractivity contribution in [1.82, 2.24) is 0 Å². The summed E-state index contributed by atoms with van der Waals surface area (Å²) >= 11 is 3.58. The molecule has 2 aromatic heterocycles. The molecule has 0 saturated carbocycles. The van der Waals surface area contributed by atoms with Crippen molar-refractivity contribution in [3.63, 3.8) is 0 Å². The Morgan fingerprint density at radius 1 is 0.622 bits per heavy atom. The lowest BCUT2D eigenvalue weighted by atomic mass is 9.96. The molecule has 0 fully saturated rings.